The first-order valence-corrected chi connectivity index (χ1v) is 16.3. The van der Waals surface area contributed by atoms with E-state index in [1.165, 1.54) is 51.0 Å². The molecule has 9 nitrogen and oxygen atoms in total. The number of hydrogen-bond acceptors (Lipinski definition) is 8. The second-order valence-electron chi connectivity index (χ2n) is 14.8. The van der Waals surface area contributed by atoms with Crippen LogP contribution in [0.2, 0.25) is 0 Å². The second kappa shape index (κ2) is 12.1. The van der Waals surface area contributed by atoms with E-state index in [1.54, 1.807) is 6.07 Å². The van der Waals surface area contributed by atoms with E-state index in [-0.39, 0.29) is 16.6 Å². The van der Waals surface area contributed by atoms with Gasteiger partial charge in [0.25, 0.3) is 0 Å². The molecule has 1 heterocycles. The third kappa shape index (κ3) is 5.41. The molecule has 3 saturated carbocycles. The SMILES string of the molecule is CC(C)CCC[C@@H](C)[C@H]1CCC2C3CC/C(=N/O)[C@](C)(CCCN(C)c4ccc([N+](=O)[O-])c5nonc45)C3CC[C@@]21C. The molecule has 3 aliphatic carbocycles. The average Bonchev–Trinajstić information content (AvgIpc) is 3.57. The lowest BCUT2D eigenvalue weighted by molar-refractivity contribution is -0.383. The van der Waals surface area contributed by atoms with Crippen molar-refractivity contribution in [2.45, 2.75) is 105 Å². The van der Waals surface area contributed by atoms with Crippen LogP contribution >= 0.6 is 0 Å². The Morgan fingerprint density at radius 3 is 2.57 bits per heavy atom. The van der Waals surface area contributed by atoms with E-state index < -0.39 is 4.92 Å². The molecular weight excluding hydrogens is 530 g/mol. The lowest BCUT2D eigenvalue weighted by Gasteiger charge is -2.57. The summed E-state index contributed by atoms with van der Waals surface area (Å²) >= 11 is 0. The summed E-state index contributed by atoms with van der Waals surface area (Å²) in [5.74, 6) is 4.41. The Balaban J connectivity index is 1.27. The molecule has 2 aromatic rings. The Hall–Kier alpha value is -2.71. The highest BCUT2D eigenvalue weighted by Crippen LogP contribution is 2.66. The van der Waals surface area contributed by atoms with Crippen LogP contribution in [0.3, 0.4) is 0 Å². The summed E-state index contributed by atoms with van der Waals surface area (Å²) in [6, 6.07) is 3.20. The van der Waals surface area contributed by atoms with Crippen molar-refractivity contribution in [2.24, 2.45) is 51.5 Å². The number of benzene rings is 1. The molecule has 232 valence electrons. The maximum Gasteiger partial charge on any atom is 0.300 e. The number of rotatable bonds is 11. The molecule has 9 heteroatoms. The van der Waals surface area contributed by atoms with Gasteiger partial charge in [-0.25, -0.2) is 4.63 Å². The predicted octanol–water partition coefficient (Wildman–Crippen LogP) is 8.50. The number of anilines is 1. The van der Waals surface area contributed by atoms with Crippen LogP contribution in [-0.4, -0.2) is 39.7 Å². The minimum Gasteiger partial charge on any atom is -0.411 e. The molecule has 1 aromatic carbocycles. The van der Waals surface area contributed by atoms with E-state index in [2.05, 4.69) is 55.0 Å². The van der Waals surface area contributed by atoms with Gasteiger partial charge in [-0.1, -0.05) is 59.0 Å². The van der Waals surface area contributed by atoms with Crippen molar-refractivity contribution in [1.82, 2.24) is 10.3 Å². The number of nitrogens with zero attached hydrogens (tertiary/aromatic N) is 5. The molecule has 1 N–H and O–H groups in total. The molecule has 5 rings (SSSR count). The zero-order valence-electron chi connectivity index (χ0n) is 26.5. The summed E-state index contributed by atoms with van der Waals surface area (Å²) in [5.41, 5.74) is 2.54. The van der Waals surface area contributed by atoms with E-state index in [4.69, 9.17) is 4.63 Å². The Labute approximate surface area is 250 Å². The fraction of sp³-hybridized carbons (Fsp3) is 0.788. The molecule has 0 aliphatic heterocycles. The van der Waals surface area contributed by atoms with Crippen LogP contribution in [0.5, 0.6) is 0 Å². The number of fused-ring (bicyclic) bond motifs is 4. The number of aromatic nitrogens is 2. The van der Waals surface area contributed by atoms with Crippen LogP contribution in [0.4, 0.5) is 11.4 Å². The molecule has 3 fully saturated rings. The van der Waals surface area contributed by atoms with Crippen molar-refractivity contribution in [3.63, 3.8) is 0 Å². The Morgan fingerprint density at radius 1 is 1.10 bits per heavy atom. The highest BCUT2D eigenvalue weighted by atomic mass is 16.6. The minimum absolute atomic E-state index is 0.101. The fourth-order valence-corrected chi connectivity index (χ4v) is 9.90. The van der Waals surface area contributed by atoms with Crippen molar-refractivity contribution in [2.75, 3.05) is 18.5 Å². The van der Waals surface area contributed by atoms with Crippen molar-refractivity contribution in [1.29, 1.82) is 0 Å². The first-order chi connectivity index (χ1) is 20.0. The molecular formula is C33H51N5O4. The lowest BCUT2D eigenvalue weighted by Crippen LogP contribution is -2.52. The Bertz CT molecular complexity index is 1290. The van der Waals surface area contributed by atoms with Crippen molar-refractivity contribution in [3.8, 4) is 0 Å². The monoisotopic (exact) mass is 581 g/mol. The van der Waals surface area contributed by atoms with Gasteiger partial charge in [0.1, 0.15) is 0 Å². The number of oxime groups is 1. The molecule has 7 atom stereocenters. The number of non-ortho nitro benzene ring substituents is 1. The number of nitro groups is 1. The van der Waals surface area contributed by atoms with E-state index in [0.717, 1.165) is 67.3 Å². The summed E-state index contributed by atoms with van der Waals surface area (Å²) in [6.07, 6.45) is 13.2. The van der Waals surface area contributed by atoms with Gasteiger partial charge < -0.3 is 10.1 Å². The Morgan fingerprint density at radius 2 is 1.86 bits per heavy atom. The highest BCUT2D eigenvalue weighted by Gasteiger charge is 2.59. The lowest BCUT2D eigenvalue weighted by atomic mass is 9.47. The standard InChI is InChI=1S/C33H51N5O4/c1-21(2)9-7-10-22(3)24-12-13-25-23-11-16-29(34-39)33(5,26(23)17-19-32(24,25)4)18-8-20-37(6)27-14-15-28(38(40)41)31-30(27)35-42-36-31/h14-15,21-26,39H,7-13,16-20H2,1-6H3/b34-29-/t22-,23?,24-,25?,26?,32-,33-/m1/s1. The van der Waals surface area contributed by atoms with Gasteiger partial charge in [-0.2, -0.15) is 0 Å². The number of hydrogen-bond donors (Lipinski definition) is 1. The number of nitro benzene ring substituents is 1. The predicted molar refractivity (Wildman–Crippen MR) is 166 cm³/mol. The van der Waals surface area contributed by atoms with E-state index in [9.17, 15) is 15.3 Å². The van der Waals surface area contributed by atoms with Crippen LogP contribution in [-0.2, 0) is 0 Å². The van der Waals surface area contributed by atoms with Crippen LogP contribution < -0.4 is 4.90 Å². The third-order valence-electron chi connectivity index (χ3n) is 12.1. The first kappa shape index (κ1) is 30.7. The average molecular weight is 582 g/mol. The van der Waals surface area contributed by atoms with Crippen molar-refractivity contribution in [3.05, 3.63) is 22.2 Å². The van der Waals surface area contributed by atoms with Crippen molar-refractivity contribution < 1.29 is 14.8 Å². The summed E-state index contributed by atoms with van der Waals surface area (Å²) in [7, 11) is 1.98. The molecule has 1 aromatic heterocycles. The van der Waals surface area contributed by atoms with Gasteiger partial charge in [-0.15, -0.1) is 0 Å². The molecule has 0 bridgehead atoms. The van der Waals surface area contributed by atoms with Gasteiger partial charge in [-0.05, 0) is 109 Å². The molecule has 0 spiro atoms. The van der Waals surface area contributed by atoms with Crippen LogP contribution in [0.15, 0.2) is 21.9 Å². The van der Waals surface area contributed by atoms with Gasteiger partial charge in [0.05, 0.1) is 16.3 Å². The molecule has 3 aliphatic rings. The van der Waals surface area contributed by atoms with Crippen LogP contribution in [0.25, 0.3) is 11.0 Å². The van der Waals surface area contributed by atoms with Crippen molar-refractivity contribution >= 4 is 28.1 Å². The maximum absolute atomic E-state index is 11.4. The van der Waals surface area contributed by atoms with E-state index in [1.807, 2.05) is 7.05 Å². The zero-order chi connectivity index (χ0) is 30.2. The minimum atomic E-state index is -0.457. The molecule has 0 amide bonds. The van der Waals surface area contributed by atoms with Crippen LogP contribution in [0.1, 0.15) is 105 Å². The second-order valence-corrected chi connectivity index (χ2v) is 14.8. The fourth-order valence-electron chi connectivity index (χ4n) is 9.90. The smallest absolute Gasteiger partial charge is 0.300 e. The molecule has 42 heavy (non-hydrogen) atoms. The zero-order valence-corrected chi connectivity index (χ0v) is 26.5. The van der Waals surface area contributed by atoms with Gasteiger partial charge in [0, 0.05) is 25.1 Å². The summed E-state index contributed by atoms with van der Waals surface area (Å²) in [5, 5.41) is 33.2. The molecule has 0 radical (unpaired) electrons. The molecule has 0 saturated heterocycles. The van der Waals surface area contributed by atoms with Gasteiger partial charge in [0.15, 0.2) is 5.52 Å². The quantitative estimate of drug-likeness (QED) is 0.160. The first-order valence-electron chi connectivity index (χ1n) is 16.3. The summed E-state index contributed by atoms with van der Waals surface area (Å²) < 4.78 is 4.87. The van der Waals surface area contributed by atoms with Gasteiger partial charge >= 0.3 is 5.69 Å². The van der Waals surface area contributed by atoms with E-state index in [0.29, 0.717) is 22.8 Å². The Kier molecular flexibility index (Phi) is 8.87. The topological polar surface area (TPSA) is 118 Å². The maximum atomic E-state index is 11.4. The van der Waals surface area contributed by atoms with Gasteiger partial charge in [-0.3, -0.25) is 10.1 Å². The normalized spacial score (nSPS) is 32.7. The highest BCUT2D eigenvalue weighted by molar-refractivity contribution is 5.93. The summed E-state index contributed by atoms with van der Waals surface area (Å²) in [4.78, 5) is 13.0. The largest absolute Gasteiger partial charge is 0.411 e. The van der Waals surface area contributed by atoms with Crippen LogP contribution in [0, 0.1) is 56.5 Å². The summed E-state index contributed by atoms with van der Waals surface area (Å²) in [6.45, 7) is 12.9. The third-order valence-corrected chi connectivity index (χ3v) is 12.1. The van der Waals surface area contributed by atoms with Gasteiger partial charge in [0.2, 0.25) is 5.52 Å². The van der Waals surface area contributed by atoms with E-state index >= 15 is 0 Å². The molecule has 3 unspecified atom stereocenters.